The van der Waals surface area contributed by atoms with Gasteiger partial charge in [-0.25, -0.2) is 0 Å². The first-order valence-electron chi connectivity index (χ1n) is 4.05. The summed E-state index contributed by atoms with van der Waals surface area (Å²) < 4.78 is 37.7. The Bertz CT molecular complexity index is 346. The van der Waals surface area contributed by atoms with Crippen LogP contribution in [-0.2, 0) is 6.18 Å². The van der Waals surface area contributed by atoms with Crippen molar-refractivity contribution < 1.29 is 13.2 Å². The van der Waals surface area contributed by atoms with Gasteiger partial charge in [0.2, 0.25) is 0 Å². The van der Waals surface area contributed by atoms with Crippen LogP contribution in [0.15, 0.2) is 28.0 Å². The average molecular weight is 236 g/mol. The van der Waals surface area contributed by atoms with E-state index in [2.05, 4.69) is 0 Å². The molecule has 5 heteroatoms. The second kappa shape index (κ2) is 3.70. The highest BCUT2D eigenvalue weighted by atomic mass is 32.2. The smallest absolute Gasteiger partial charge is 0.166 e. The van der Waals surface area contributed by atoms with Crippen LogP contribution < -0.4 is 0 Å². The van der Waals surface area contributed by atoms with Crippen LogP contribution in [0.1, 0.15) is 5.56 Å². The molecule has 0 fully saturated rings. The Morgan fingerprint density at radius 2 is 1.79 bits per heavy atom. The Morgan fingerprint density at radius 1 is 1.07 bits per heavy atom. The SMILES string of the molecule is FC(F)(F)c1cccc2c1SCCS2. The monoisotopic (exact) mass is 236 g/mol. The van der Waals surface area contributed by atoms with E-state index in [-0.39, 0.29) is 0 Å². The summed E-state index contributed by atoms with van der Waals surface area (Å²) in [6.07, 6.45) is -4.23. The molecule has 0 aromatic heterocycles. The molecule has 0 saturated carbocycles. The molecule has 1 aliphatic heterocycles. The van der Waals surface area contributed by atoms with E-state index < -0.39 is 11.7 Å². The number of fused-ring (bicyclic) bond motifs is 1. The van der Waals surface area contributed by atoms with Crippen LogP contribution in [-0.4, -0.2) is 11.5 Å². The lowest BCUT2D eigenvalue weighted by atomic mass is 10.2. The van der Waals surface area contributed by atoms with Gasteiger partial charge in [0.05, 0.1) is 5.56 Å². The van der Waals surface area contributed by atoms with Gasteiger partial charge in [0.15, 0.2) is 0 Å². The van der Waals surface area contributed by atoms with E-state index in [1.165, 1.54) is 29.6 Å². The molecule has 76 valence electrons. The number of alkyl halides is 3. The largest absolute Gasteiger partial charge is 0.417 e. The van der Waals surface area contributed by atoms with Crippen molar-refractivity contribution in [3.63, 3.8) is 0 Å². The number of hydrogen-bond donors (Lipinski definition) is 0. The Balaban J connectivity index is 2.51. The summed E-state index contributed by atoms with van der Waals surface area (Å²) in [6.45, 7) is 0. The minimum absolute atomic E-state index is 0.399. The summed E-state index contributed by atoms with van der Waals surface area (Å²) in [4.78, 5) is 1.16. The van der Waals surface area contributed by atoms with Crippen molar-refractivity contribution in [1.82, 2.24) is 0 Å². The first-order valence-corrected chi connectivity index (χ1v) is 6.02. The number of hydrogen-bond acceptors (Lipinski definition) is 2. The van der Waals surface area contributed by atoms with Crippen molar-refractivity contribution in [3.05, 3.63) is 23.8 Å². The molecule has 0 unspecified atom stereocenters. The molecule has 2 rings (SSSR count). The van der Waals surface area contributed by atoms with Crippen LogP contribution in [0.3, 0.4) is 0 Å². The van der Waals surface area contributed by atoms with Crippen LogP contribution in [0, 0.1) is 0 Å². The Morgan fingerprint density at radius 3 is 2.50 bits per heavy atom. The lowest BCUT2D eigenvalue weighted by molar-refractivity contribution is -0.140. The van der Waals surface area contributed by atoms with Gasteiger partial charge in [0.1, 0.15) is 0 Å². The molecule has 1 aliphatic rings. The summed E-state index contributed by atoms with van der Waals surface area (Å²) in [6, 6.07) is 4.37. The fourth-order valence-electron chi connectivity index (χ4n) is 1.30. The highest BCUT2D eigenvalue weighted by Gasteiger charge is 2.35. The highest BCUT2D eigenvalue weighted by Crippen LogP contribution is 2.44. The minimum Gasteiger partial charge on any atom is -0.166 e. The highest BCUT2D eigenvalue weighted by molar-refractivity contribution is 8.05. The predicted molar refractivity (Wildman–Crippen MR) is 52.9 cm³/mol. The summed E-state index contributed by atoms with van der Waals surface area (Å²) in [5, 5.41) is 0. The van der Waals surface area contributed by atoms with Crippen molar-refractivity contribution in [2.45, 2.75) is 16.0 Å². The van der Waals surface area contributed by atoms with E-state index in [1.807, 2.05) is 0 Å². The van der Waals surface area contributed by atoms with Gasteiger partial charge in [-0.1, -0.05) is 6.07 Å². The molecule has 14 heavy (non-hydrogen) atoms. The molecule has 1 heterocycles. The van der Waals surface area contributed by atoms with Crippen molar-refractivity contribution in [3.8, 4) is 0 Å². The van der Waals surface area contributed by atoms with E-state index in [1.54, 1.807) is 6.07 Å². The van der Waals surface area contributed by atoms with E-state index >= 15 is 0 Å². The Labute approximate surface area is 88.3 Å². The van der Waals surface area contributed by atoms with Crippen LogP contribution in [0.4, 0.5) is 13.2 Å². The van der Waals surface area contributed by atoms with Gasteiger partial charge in [-0.2, -0.15) is 13.2 Å². The molecule has 0 amide bonds. The molecular weight excluding hydrogens is 229 g/mol. The van der Waals surface area contributed by atoms with Crippen molar-refractivity contribution in [2.24, 2.45) is 0 Å². The van der Waals surface area contributed by atoms with Crippen LogP contribution >= 0.6 is 23.5 Å². The molecule has 1 aromatic rings. The van der Waals surface area contributed by atoms with Crippen LogP contribution in [0.5, 0.6) is 0 Å². The van der Waals surface area contributed by atoms with E-state index in [0.29, 0.717) is 4.90 Å². The molecule has 1 aromatic carbocycles. The van der Waals surface area contributed by atoms with Gasteiger partial charge in [-0.15, -0.1) is 23.5 Å². The second-order valence-corrected chi connectivity index (χ2v) is 5.07. The van der Waals surface area contributed by atoms with E-state index in [9.17, 15) is 13.2 Å². The average Bonchev–Trinajstić information content (AvgIpc) is 2.15. The van der Waals surface area contributed by atoms with Gasteiger partial charge in [0, 0.05) is 21.3 Å². The van der Waals surface area contributed by atoms with Crippen LogP contribution in [0.25, 0.3) is 0 Å². The van der Waals surface area contributed by atoms with Gasteiger partial charge in [0.25, 0.3) is 0 Å². The number of thioether (sulfide) groups is 2. The summed E-state index contributed by atoms with van der Waals surface area (Å²) >= 11 is 2.80. The molecule has 0 atom stereocenters. The zero-order chi connectivity index (χ0) is 10.2. The maximum absolute atomic E-state index is 12.6. The normalized spacial score (nSPS) is 16.5. The fourth-order valence-corrected chi connectivity index (χ4v) is 3.71. The first kappa shape index (κ1) is 10.2. The zero-order valence-corrected chi connectivity index (χ0v) is 8.73. The first-order chi connectivity index (χ1) is 6.59. The van der Waals surface area contributed by atoms with Gasteiger partial charge < -0.3 is 0 Å². The third kappa shape index (κ3) is 1.88. The molecular formula is C9H7F3S2. The third-order valence-electron chi connectivity index (χ3n) is 1.87. The van der Waals surface area contributed by atoms with Crippen molar-refractivity contribution in [1.29, 1.82) is 0 Å². The summed E-state index contributed by atoms with van der Waals surface area (Å²) in [5.41, 5.74) is -0.493. The number of halogens is 3. The van der Waals surface area contributed by atoms with Crippen molar-refractivity contribution in [2.75, 3.05) is 11.5 Å². The molecule has 0 aliphatic carbocycles. The molecule has 0 nitrogen and oxygen atoms in total. The molecule has 0 saturated heterocycles. The Hall–Kier alpha value is -0.290. The standard InChI is InChI=1S/C9H7F3S2/c10-9(11,12)6-2-1-3-7-8(6)14-5-4-13-7/h1-3H,4-5H2. The lowest BCUT2D eigenvalue weighted by Gasteiger charge is -2.19. The molecule has 0 bridgehead atoms. The topological polar surface area (TPSA) is 0 Å². The van der Waals surface area contributed by atoms with Gasteiger partial charge in [-0.3, -0.25) is 0 Å². The third-order valence-corrected chi connectivity index (χ3v) is 4.46. The van der Waals surface area contributed by atoms with Gasteiger partial charge >= 0.3 is 6.18 Å². The fraction of sp³-hybridized carbons (Fsp3) is 0.333. The number of rotatable bonds is 0. The molecule has 0 spiro atoms. The lowest BCUT2D eigenvalue weighted by Crippen LogP contribution is -2.09. The molecule has 0 radical (unpaired) electrons. The van der Waals surface area contributed by atoms with Crippen molar-refractivity contribution >= 4 is 23.5 Å². The zero-order valence-electron chi connectivity index (χ0n) is 7.10. The second-order valence-electron chi connectivity index (χ2n) is 2.83. The van der Waals surface area contributed by atoms with Crippen LogP contribution in [0.2, 0.25) is 0 Å². The predicted octanol–water partition coefficient (Wildman–Crippen LogP) is 3.90. The summed E-state index contributed by atoms with van der Waals surface area (Å²) in [7, 11) is 0. The van der Waals surface area contributed by atoms with E-state index in [0.717, 1.165) is 22.5 Å². The number of benzene rings is 1. The molecule has 0 N–H and O–H groups in total. The summed E-state index contributed by atoms with van der Waals surface area (Å²) in [5.74, 6) is 1.64. The Kier molecular flexibility index (Phi) is 2.70. The van der Waals surface area contributed by atoms with Gasteiger partial charge in [-0.05, 0) is 12.1 Å². The van der Waals surface area contributed by atoms with E-state index in [4.69, 9.17) is 0 Å². The maximum Gasteiger partial charge on any atom is 0.417 e. The minimum atomic E-state index is -4.23. The quantitative estimate of drug-likeness (QED) is 0.670. The maximum atomic E-state index is 12.6.